The molecule has 1 aromatic carbocycles. The van der Waals surface area contributed by atoms with Crippen LogP contribution in [-0.2, 0) is 0 Å². The van der Waals surface area contributed by atoms with Crippen molar-refractivity contribution in [2.75, 3.05) is 0 Å². The Balaban J connectivity index is 0.000000810. The van der Waals surface area contributed by atoms with Crippen LogP contribution in [0.3, 0.4) is 0 Å². The minimum absolute atomic E-state index is 0. The summed E-state index contributed by atoms with van der Waals surface area (Å²) in [5.74, 6) is 0. The van der Waals surface area contributed by atoms with E-state index in [-0.39, 0.29) is 1.43 Å². The molecule has 0 spiro atoms. The van der Waals surface area contributed by atoms with Gasteiger partial charge in [-0.3, -0.25) is 0 Å². The van der Waals surface area contributed by atoms with E-state index in [1.807, 2.05) is 0 Å². The van der Waals surface area contributed by atoms with Crippen LogP contribution in [0.15, 0.2) is 18.2 Å². The van der Waals surface area contributed by atoms with Crippen molar-refractivity contribution < 1.29 is 1.43 Å². The molecule has 1 aromatic rings. The van der Waals surface area contributed by atoms with E-state index in [4.69, 9.17) is 0 Å². The molecule has 0 aromatic heterocycles. The summed E-state index contributed by atoms with van der Waals surface area (Å²) >= 11 is 1.51. The predicted octanol–water partition coefficient (Wildman–Crippen LogP) is 1.21. The quantitative estimate of drug-likeness (QED) is 0.582. The van der Waals surface area contributed by atoms with Crippen molar-refractivity contribution in [3.8, 4) is 0 Å². The predicted molar refractivity (Wildman–Crippen MR) is 42.4 cm³/mol. The first-order valence-corrected chi connectivity index (χ1v) is 4.42. The normalized spacial score (nSPS) is 9.67. The largest absolute Gasteiger partial charge is 1.00 e. The Hall–Kier alpha value is 0.0187. The zero-order valence-electron chi connectivity index (χ0n) is 6.73. The summed E-state index contributed by atoms with van der Waals surface area (Å²) in [6.45, 7) is 4.34. The maximum Gasteiger partial charge on any atom is -1.00 e. The van der Waals surface area contributed by atoms with Crippen LogP contribution in [0.1, 0.15) is 12.6 Å². The molecule has 9 heavy (non-hydrogen) atoms. The first-order chi connectivity index (χ1) is 4.22. The molecule has 3 radical (unpaired) electrons. The summed E-state index contributed by atoms with van der Waals surface area (Å²) in [6, 6.07) is 6.45. The van der Waals surface area contributed by atoms with Gasteiger partial charge in [-0.25, -0.2) is 0 Å². The van der Waals surface area contributed by atoms with Crippen LogP contribution in [-0.4, -0.2) is 22.5 Å². The van der Waals surface area contributed by atoms with Gasteiger partial charge < -0.3 is 1.43 Å². The number of hydrogen-bond donors (Lipinski definition) is 0. The van der Waals surface area contributed by atoms with Gasteiger partial charge in [0.25, 0.3) is 0 Å². The molecule has 0 bridgehead atoms. The van der Waals surface area contributed by atoms with E-state index in [0.717, 1.165) is 0 Å². The maximum absolute atomic E-state index is 2.18. The van der Waals surface area contributed by atoms with Crippen molar-refractivity contribution in [2.24, 2.45) is 0 Å². The molecule has 0 aliphatic carbocycles. The Morgan fingerprint density at radius 1 is 1.33 bits per heavy atom. The zero-order chi connectivity index (χ0) is 6.85. The molecule has 0 atom stereocenters. The van der Waals surface area contributed by atoms with E-state index in [2.05, 4.69) is 32.0 Å². The molecule has 0 aliphatic rings. The molecule has 0 fully saturated rings. The van der Waals surface area contributed by atoms with Gasteiger partial charge in [0.2, 0.25) is 0 Å². The average Bonchev–Trinajstić information content (AvgIpc) is 1.83. The van der Waals surface area contributed by atoms with E-state index >= 15 is 0 Å². The summed E-state index contributed by atoms with van der Waals surface area (Å²) in [5.41, 5.74) is 2.86. The topological polar surface area (TPSA) is 0 Å². The third-order valence-electron chi connectivity index (χ3n) is 1.60. The monoisotopic (exact) mass is 226 g/mol. The maximum atomic E-state index is 2.18. The molecule has 0 nitrogen and oxygen atoms in total. The third-order valence-corrected chi connectivity index (χ3v) is 3.15. The molecule has 1 heteroatoms. The van der Waals surface area contributed by atoms with E-state index in [1.54, 1.807) is 0 Å². The van der Waals surface area contributed by atoms with Gasteiger partial charge in [-0.15, -0.1) is 0 Å². The number of rotatable bonds is 0. The van der Waals surface area contributed by atoms with E-state index < -0.39 is 0 Å². The molecular weight excluding hydrogens is 215 g/mol. The third kappa shape index (κ3) is 1.48. The van der Waals surface area contributed by atoms with Crippen molar-refractivity contribution in [1.29, 1.82) is 0 Å². The Labute approximate surface area is 70.9 Å². The Morgan fingerprint density at radius 3 is 2.44 bits per heavy atom. The summed E-state index contributed by atoms with van der Waals surface area (Å²) in [6.07, 6.45) is 0. The van der Waals surface area contributed by atoms with Gasteiger partial charge in [0.1, 0.15) is 0 Å². The fraction of sp³-hybridized carbons (Fsp3) is 0.250. The molecular formula is C8H10Sn-. The molecule has 0 amide bonds. The molecule has 0 saturated carbocycles. The van der Waals surface area contributed by atoms with Gasteiger partial charge in [0.15, 0.2) is 0 Å². The molecule has 0 saturated heterocycles. The van der Waals surface area contributed by atoms with Gasteiger partial charge >= 0.3 is 69.3 Å². The average molecular weight is 225 g/mol. The van der Waals surface area contributed by atoms with Crippen molar-refractivity contribution >= 4 is 26.1 Å². The summed E-state index contributed by atoms with van der Waals surface area (Å²) in [5, 5.41) is 0. The minimum atomic E-state index is 0. The van der Waals surface area contributed by atoms with Crippen LogP contribution in [0.2, 0.25) is 0 Å². The smallest absolute Gasteiger partial charge is 1.00 e. The molecule has 0 unspecified atom stereocenters. The van der Waals surface area contributed by atoms with E-state index in [0.29, 0.717) is 0 Å². The fourth-order valence-electron chi connectivity index (χ4n) is 0.751. The Kier molecular flexibility index (Phi) is 2.17. The second-order valence-corrected chi connectivity index (χ2v) is 3.78. The SMILES string of the molecule is Cc1ccc[c]([Sn])c1C.[H-]. The second kappa shape index (κ2) is 2.73. The van der Waals surface area contributed by atoms with Gasteiger partial charge in [0.05, 0.1) is 0 Å². The van der Waals surface area contributed by atoms with Crippen LogP contribution in [0.25, 0.3) is 0 Å². The molecule has 0 heterocycles. The van der Waals surface area contributed by atoms with Crippen LogP contribution in [0.4, 0.5) is 0 Å². The van der Waals surface area contributed by atoms with Crippen molar-refractivity contribution in [1.82, 2.24) is 0 Å². The van der Waals surface area contributed by atoms with Crippen LogP contribution >= 0.6 is 0 Å². The Morgan fingerprint density at radius 2 is 2.00 bits per heavy atom. The van der Waals surface area contributed by atoms with Crippen molar-refractivity contribution in [3.63, 3.8) is 0 Å². The first-order valence-electron chi connectivity index (χ1n) is 2.99. The number of hydrogen-bond acceptors (Lipinski definition) is 0. The van der Waals surface area contributed by atoms with Gasteiger partial charge in [-0.2, -0.15) is 0 Å². The standard InChI is InChI=1S/C8H9.Sn.H/c1-7-5-3-4-6-8(7)2;;/h3-5H,1-2H3;;/q;;-1. The zero-order valence-corrected chi connectivity index (χ0v) is 8.59. The number of aryl methyl sites for hydroxylation is 1. The van der Waals surface area contributed by atoms with Crippen LogP contribution < -0.4 is 3.58 Å². The molecule has 0 aliphatic heterocycles. The van der Waals surface area contributed by atoms with Gasteiger partial charge in [0, 0.05) is 0 Å². The Bertz CT molecular complexity index is 200. The summed E-state index contributed by atoms with van der Waals surface area (Å²) < 4.78 is 1.47. The molecule has 1 rings (SSSR count). The van der Waals surface area contributed by atoms with Gasteiger partial charge in [-0.1, -0.05) is 0 Å². The number of benzene rings is 1. The summed E-state index contributed by atoms with van der Waals surface area (Å²) in [7, 11) is 0. The molecule has 0 N–H and O–H groups in total. The van der Waals surface area contributed by atoms with Crippen molar-refractivity contribution in [3.05, 3.63) is 29.3 Å². The second-order valence-electron chi connectivity index (χ2n) is 2.25. The van der Waals surface area contributed by atoms with Gasteiger partial charge in [-0.05, 0) is 0 Å². The van der Waals surface area contributed by atoms with Crippen LogP contribution in [0.5, 0.6) is 0 Å². The minimum Gasteiger partial charge on any atom is -1.00 e. The van der Waals surface area contributed by atoms with Crippen LogP contribution in [0, 0.1) is 13.8 Å². The van der Waals surface area contributed by atoms with E-state index in [9.17, 15) is 0 Å². The summed E-state index contributed by atoms with van der Waals surface area (Å²) in [4.78, 5) is 0. The fourth-order valence-corrected chi connectivity index (χ4v) is 1.59. The first kappa shape index (κ1) is 7.13. The molecule has 47 valence electrons. The van der Waals surface area contributed by atoms with Crippen molar-refractivity contribution in [2.45, 2.75) is 13.8 Å². The van der Waals surface area contributed by atoms with E-state index in [1.165, 1.54) is 37.2 Å².